The average Bonchev–Trinajstić information content (AvgIpc) is 2.85. The molecule has 88 valence electrons. The highest BCUT2D eigenvalue weighted by atomic mass is 32.2. The highest BCUT2D eigenvalue weighted by Gasteiger charge is 2.33. The van der Waals surface area contributed by atoms with Gasteiger partial charge >= 0.3 is 5.97 Å². The van der Waals surface area contributed by atoms with Gasteiger partial charge in [0.2, 0.25) is 0 Å². The second-order valence-corrected chi connectivity index (χ2v) is 5.32. The van der Waals surface area contributed by atoms with Gasteiger partial charge in [0.05, 0.1) is 12.9 Å². The smallest absolute Gasteiger partial charge is 0.336 e. The van der Waals surface area contributed by atoms with Crippen molar-refractivity contribution in [2.75, 3.05) is 12.9 Å². The molecule has 1 rings (SSSR count). The van der Waals surface area contributed by atoms with Crippen molar-refractivity contribution in [2.24, 2.45) is 5.92 Å². The van der Waals surface area contributed by atoms with Gasteiger partial charge in [0, 0.05) is 0 Å². The van der Waals surface area contributed by atoms with E-state index >= 15 is 0 Å². The molecule has 0 aromatic rings. The van der Waals surface area contributed by atoms with Crippen molar-refractivity contribution in [1.29, 1.82) is 0 Å². The molecule has 0 spiro atoms. The molecule has 0 aliphatic heterocycles. The van der Waals surface area contributed by atoms with E-state index in [1.807, 2.05) is 0 Å². The van der Waals surface area contributed by atoms with E-state index < -0.39 is 22.2 Å². The van der Waals surface area contributed by atoms with E-state index in [9.17, 15) is 13.2 Å². The first-order valence-corrected chi connectivity index (χ1v) is 6.79. The first-order valence-electron chi connectivity index (χ1n) is 4.97. The molecule has 0 bridgehead atoms. The van der Waals surface area contributed by atoms with Crippen LogP contribution in [-0.4, -0.2) is 33.4 Å². The van der Waals surface area contributed by atoms with Crippen molar-refractivity contribution in [2.45, 2.75) is 32.3 Å². The van der Waals surface area contributed by atoms with Crippen LogP contribution in [0.3, 0.4) is 0 Å². The summed E-state index contributed by atoms with van der Waals surface area (Å²) in [6, 6.07) is 0. The van der Waals surface area contributed by atoms with Crippen LogP contribution in [0.5, 0.6) is 0 Å². The van der Waals surface area contributed by atoms with E-state index in [0.29, 0.717) is 12.3 Å². The molecule has 1 saturated carbocycles. The van der Waals surface area contributed by atoms with Gasteiger partial charge in [0.1, 0.15) is 0 Å². The van der Waals surface area contributed by atoms with Crippen LogP contribution in [0.2, 0.25) is 0 Å². The molecule has 5 nitrogen and oxygen atoms in total. The quantitative estimate of drug-likeness (QED) is 0.501. The minimum atomic E-state index is -3.61. The van der Waals surface area contributed by atoms with E-state index in [2.05, 4.69) is 0 Å². The van der Waals surface area contributed by atoms with Gasteiger partial charge in [-0.3, -0.25) is 4.18 Å². The lowest BCUT2D eigenvalue weighted by atomic mass is 10.2. The second kappa shape index (κ2) is 4.94. The van der Waals surface area contributed by atoms with Crippen LogP contribution in [0.1, 0.15) is 26.2 Å². The summed E-state index contributed by atoms with van der Waals surface area (Å²) in [5.41, 5.74) is 0. The van der Waals surface area contributed by atoms with E-state index in [-0.39, 0.29) is 6.61 Å². The van der Waals surface area contributed by atoms with E-state index in [0.717, 1.165) is 19.1 Å². The molecule has 0 N–H and O–H groups in total. The molecule has 0 aromatic carbocycles. The van der Waals surface area contributed by atoms with Crippen molar-refractivity contribution in [3.8, 4) is 0 Å². The maximum Gasteiger partial charge on any atom is 0.336 e. The Hall–Kier alpha value is -0.620. The van der Waals surface area contributed by atoms with Crippen LogP contribution < -0.4 is 0 Å². The molecule has 1 aliphatic carbocycles. The summed E-state index contributed by atoms with van der Waals surface area (Å²) in [5.74, 6) is -0.184. The van der Waals surface area contributed by atoms with Crippen LogP contribution in [-0.2, 0) is 23.8 Å². The first kappa shape index (κ1) is 12.4. The molecule has 1 fully saturated rings. The molecule has 6 heteroatoms. The third-order valence-corrected chi connectivity index (χ3v) is 2.67. The Morgan fingerprint density at radius 1 is 1.47 bits per heavy atom. The third-order valence-electron chi connectivity index (χ3n) is 2.08. The van der Waals surface area contributed by atoms with Gasteiger partial charge in [0.15, 0.2) is 6.10 Å². The minimum absolute atomic E-state index is 0.229. The number of rotatable bonds is 6. The minimum Gasteiger partial charge on any atom is -0.464 e. The van der Waals surface area contributed by atoms with Crippen molar-refractivity contribution in [3.63, 3.8) is 0 Å². The molecule has 1 aliphatic rings. The fraction of sp³-hybridized carbons (Fsp3) is 0.889. The monoisotopic (exact) mass is 236 g/mol. The summed E-state index contributed by atoms with van der Waals surface area (Å²) in [5, 5.41) is 0. The summed E-state index contributed by atoms with van der Waals surface area (Å²) in [6.07, 6.45) is 2.47. The molecular weight excluding hydrogens is 220 g/mol. The summed E-state index contributed by atoms with van der Waals surface area (Å²) < 4.78 is 31.3. The average molecular weight is 236 g/mol. The Balaban J connectivity index is 2.54. The van der Waals surface area contributed by atoms with Gasteiger partial charge in [-0.1, -0.05) is 12.8 Å². The molecule has 1 atom stereocenters. The Morgan fingerprint density at radius 3 is 2.47 bits per heavy atom. The molecule has 0 amide bonds. The van der Waals surface area contributed by atoms with Crippen LogP contribution in [0.15, 0.2) is 0 Å². The third kappa shape index (κ3) is 5.13. The molecule has 0 radical (unpaired) electrons. The van der Waals surface area contributed by atoms with Gasteiger partial charge in [-0.05, 0) is 19.3 Å². The maximum atomic E-state index is 11.4. The zero-order valence-corrected chi connectivity index (χ0v) is 9.75. The molecular formula is C9H16O5S. The van der Waals surface area contributed by atoms with Gasteiger partial charge in [0.25, 0.3) is 10.1 Å². The van der Waals surface area contributed by atoms with Crippen molar-refractivity contribution in [1.82, 2.24) is 0 Å². The highest BCUT2D eigenvalue weighted by molar-refractivity contribution is 7.86. The largest absolute Gasteiger partial charge is 0.464 e. The van der Waals surface area contributed by atoms with Crippen LogP contribution in [0, 0.1) is 5.92 Å². The number of carbonyl (C=O) groups is 1. The zero-order chi connectivity index (χ0) is 11.5. The van der Waals surface area contributed by atoms with Crippen LogP contribution in [0.4, 0.5) is 0 Å². The van der Waals surface area contributed by atoms with Crippen molar-refractivity contribution >= 4 is 16.1 Å². The van der Waals surface area contributed by atoms with Gasteiger partial charge in [-0.25, -0.2) is 4.79 Å². The summed E-state index contributed by atoms with van der Waals surface area (Å²) in [4.78, 5) is 11.4. The first-order chi connectivity index (χ1) is 6.92. The highest BCUT2D eigenvalue weighted by Crippen LogP contribution is 2.34. The lowest BCUT2D eigenvalue weighted by Crippen LogP contribution is -2.29. The van der Waals surface area contributed by atoms with E-state index in [1.165, 1.54) is 0 Å². The van der Waals surface area contributed by atoms with Gasteiger partial charge < -0.3 is 4.74 Å². The van der Waals surface area contributed by atoms with Gasteiger partial charge in [-0.2, -0.15) is 8.42 Å². The number of ether oxygens (including phenoxy) is 1. The fourth-order valence-corrected chi connectivity index (χ4v) is 1.86. The molecule has 1 unspecified atom stereocenters. The Bertz CT molecular complexity index is 317. The van der Waals surface area contributed by atoms with Crippen molar-refractivity contribution < 1.29 is 22.1 Å². The lowest BCUT2D eigenvalue weighted by molar-refractivity contribution is -0.151. The number of carbonyl (C=O) groups excluding carboxylic acids is 1. The Labute approximate surface area is 89.9 Å². The Kier molecular flexibility index (Phi) is 4.10. The van der Waals surface area contributed by atoms with Crippen molar-refractivity contribution in [3.05, 3.63) is 0 Å². The second-order valence-electron chi connectivity index (χ2n) is 3.72. The summed E-state index contributed by atoms with van der Waals surface area (Å²) in [6.45, 7) is 1.90. The molecule has 0 aromatic heterocycles. The Morgan fingerprint density at radius 2 is 2.07 bits per heavy atom. The predicted molar refractivity (Wildman–Crippen MR) is 53.7 cm³/mol. The van der Waals surface area contributed by atoms with Crippen LogP contribution in [0.25, 0.3) is 0 Å². The number of hydrogen-bond acceptors (Lipinski definition) is 5. The zero-order valence-electron chi connectivity index (χ0n) is 8.93. The topological polar surface area (TPSA) is 69.7 Å². The summed E-state index contributed by atoms with van der Waals surface area (Å²) in [7, 11) is -3.61. The number of esters is 1. The normalized spacial score (nSPS) is 18.5. The van der Waals surface area contributed by atoms with E-state index in [1.54, 1.807) is 6.92 Å². The lowest BCUT2D eigenvalue weighted by Gasteiger charge is -2.14. The van der Waals surface area contributed by atoms with E-state index in [4.69, 9.17) is 8.92 Å². The van der Waals surface area contributed by atoms with Crippen LogP contribution >= 0.6 is 0 Å². The van der Waals surface area contributed by atoms with Gasteiger partial charge in [-0.15, -0.1) is 0 Å². The SMILES string of the molecule is CCOC(=O)C(CC1CC1)OS(C)(=O)=O. The predicted octanol–water partition coefficient (Wildman–Crippen LogP) is 0.694. The molecule has 0 heterocycles. The maximum absolute atomic E-state index is 11.4. The number of hydrogen-bond donors (Lipinski definition) is 0. The standard InChI is InChI=1S/C9H16O5S/c1-3-13-9(10)8(6-7-4-5-7)14-15(2,11)12/h7-8H,3-6H2,1-2H3. The summed E-state index contributed by atoms with van der Waals surface area (Å²) >= 11 is 0. The molecule has 15 heavy (non-hydrogen) atoms. The fourth-order valence-electron chi connectivity index (χ4n) is 1.28. The molecule has 0 saturated heterocycles.